The Labute approximate surface area is 169 Å². The fraction of sp³-hybridized carbons (Fsp3) is 0.765. The van der Waals surface area contributed by atoms with Crippen LogP contribution in [-0.4, -0.2) is 68.8 Å². The number of nitrogens with zero attached hydrogens (tertiary/aromatic N) is 2. The lowest BCUT2D eigenvalue weighted by Crippen LogP contribution is -2.51. The SMILES string of the molecule is CC(C)NCCCC[C@H](NC(=O)N[C@H](C(=O)O)C(C)O)c1nc([C@@H](N)CO)no1. The van der Waals surface area contributed by atoms with Gasteiger partial charge in [0, 0.05) is 6.04 Å². The van der Waals surface area contributed by atoms with Gasteiger partial charge in [0.1, 0.15) is 6.04 Å². The zero-order valence-corrected chi connectivity index (χ0v) is 17.0. The predicted octanol–water partition coefficient (Wildman–Crippen LogP) is -0.596. The van der Waals surface area contributed by atoms with Gasteiger partial charge in [0.15, 0.2) is 11.9 Å². The fourth-order valence-electron chi connectivity index (χ4n) is 2.47. The lowest BCUT2D eigenvalue weighted by molar-refractivity contribution is -0.141. The van der Waals surface area contributed by atoms with E-state index >= 15 is 0 Å². The topological polar surface area (TPSA) is 196 Å². The Balaban J connectivity index is 2.79. The first kappa shape index (κ1) is 24.8. The number of aromatic nitrogens is 2. The minimum absolute atomic E-state index is 0.0970. The van der Waals surface area contributed by atoms with E-state index < -0.39 is 36.2 Å². The molecule has 0 aliphatic rings. The van der Waals surface area contributed by atoms with E-state index in [1.165, 1.54) is 6.92 Å². The highest BCUT2D eigenvalue weighted by molar-refractivity contribution is 5.83. The summed E-state index contributed by atoms with van der Waals surface area (Å²) in [5.74, 6) is -1.16. The molecule has 1 rings (SSSR count). The van der Waals surface area contributed by atoms with E-state index in [2.05, 4.69) is 26.1 Å². The van der Waals surface area contributed by atoms with E-state index in [9.17, 15) is 14.7 Å². The van der Waals surface area contributed by atoms with Crippen molar-refractivity contribution < 1.29 is 29.4 Å². The zero-order chi connectivity index (χ0) is 22.0. The minimum atomic E-state index is -1.47. The van der Waals surface area contributed by atoms with Gasteiger partial charge < -0.3 is 41.5 Å². The van der Waals surface area contributed by atoms with Crippen LogP contribution in [0.3, 0.4) is 0 Å². The largest absolute Gasteiger partial charge is 0.480 e. The molecule has 0 spiro atoms. The van der Waals surface area contributed by atoms with E-state index in [4.69, 9.17) is 20.5 Å². The Bertz CT molecular complexity index is 638. The van der Waals surface area contributed by atoms with E-state index in [1.807, 2.05) is 13.8 Å². The van der Waals surface area contributed by atoms with Gasteiger partial charge in [-0.15, -0.1) is 0 Å². The molecule has 0 aliphatic carbocycles. The van der Waals surface area contributed by atoms with Gasteiger partial charge in [-0.05, 0) is 32.7 Å². The number of urea groups is 1. The summed E-state index contributed by atoms with van der Waals surface area (Å²) < 4.78 is 5.17. The Morgan fingerprint density at radius 2 is 1.90 bits per heavy atom. The molecular formula is C17H32N6O6. The summed E-state index contributed by atoms with van der Waals surface area (Å²) >= 11 is 0. The number of carbonyl (C=O) groups is 2. The van der Waals surface area contributed by atoms with Crippen molar-refractivity contribution in [2.45, 2.75) is 70.3 Å². The molecule has 12 heteroatoms. The summed E-state index contributed by atoms with van der Waals surface area (Å²) in [7, 11) is 0. The van der Waals surface area contributed by atoms with Crippen LogP contribution in [0.4, 0.5) is 4.79 Å². The maximum Gasteiger partial charge on any atom is 0.328 e. The number of hydrogen-bond donors (Lipinski definition) is 7. The number of rotatable bonds is 13. The zero-order valence-electron chi connectivity index (χ0n) is 17.0. The number of carboxylic acid groups (broad SMARTS) is 1. The van der Waals surface area contributed by atoms with Gasteiger partial charge in [0.05, 0.1) is 18.8 Å². The Hall–Kier alpha value is -2.28. The molecule has 12 nitrogen and oxygen atoms in total. The maximum absolute atomic E-state index is 12.3. The number of hydrogen-bond acceptors (Lipinski definition) is 9. The monoisotopic (exact) mass is 416 g/mol. The van der Waals surface area contributed by atoms with Crippen LogP contribution in [0.2, 0.25) is 0 Å². The number of carboxylic acids is 1. The molecule has 1 aromatic rings. The van der Waals surface area contributed by atoms with Gasteiger partial charge >= 0.3 is 12.0 Å². The molecule has 0 radical (unpaired) electrons. The summed E-state index contributed by atoms with van der Waals surface area (Å²) in [5.41, 5.74) is 5.67. The van der Waals surface area contributed by atoms with Gasteiger partial charge in [-0.2, -0.15) is 4.98 Å². The lowest BCUT2D eigenvalue weighted by Gasteiger charge is -2.20. The smallest absolute Gasteiger partial charge is 0.328 e. The second-order valence-electron chi connectivity index (χ2n) is 7.11. The molecule has 1 aromatic heterocycles. The number of amides is 2. The van der Waals surface area contributed by atoms with E-state index in [0.717, 1.165) is 13.0 Å². The molecule has 0 bridgehead atoms. The molecule has 0 fully saturated rings. The van der Waals surface area contributed by atoms with Crippen molar-refractivity contribution >= 4 is 12.0 Å². The maximum atomic E-state index is 12.3. The van der Waals surface area contributed by atoms with Crippen molar-refractivity contribution in [1.29, 1.82) is 0 Å². The van der Waals surface area contributed by atoms with Crippen LogP contribution in [-0.2, 0) is 4.79 Å². The molecule has 0 aliphatic heterocycles. The van der Waals surface area contributed by atoms with Gasteiger partial charge in [-0.1, -0.05) is 19.0 Å². The predicted molar refractivity (Wildman–Crippen MR) is 103 cm³/mol. The summed E-state index contributed by atoms with van der Waals surface area (Å²) in [5, 5.41) is 39.5. The Morgan fingerprint density at radius 3 is 2.45 bits per heavy atom. The fourth-order valence-corrected chi connectivity index (χ4v) is 2.47. The van der Waals surface area contributed by atoms with Crippen LogP contribution in [0.15, 0.2) is 4.52 Å². The highest BCUT2D eigenvalue weighted by Gasteiger charge is 2.28. The molecule has 0 aromatic carbocycles. The molecule has 4 atom stereocenters. The number of nitrogens with two attached hydrogens (primary N) is 1. The number of unbranched alkanes of at least 4 members (excludes halogenated alkanes) is 1. The minimum Gasteiger partial charge on any atom is -0.480 e. The van der Waals surface area contributed by atoms with Crippen molar-refractivity contribution in [2.24, 2.45) is 5.73 Å². The van der Waals surface area contributed by atoms with E-state index in [1.54, 1.807) is 0 Å². The van der Waals surface area contributed by atoms with Crippen molar-refractivity contribution in [3.63, 3.8) is 0 Å². The van der Waals surface area contributed by atoms with Crippen molar-refractivity contribution in [3.05, 3.63) is 11.7 Å². The van der Waals surface area contributed by atoms with Crippen LogP contribution in [0.25, 0.3) is 0 Å². The number of carbonyl (C=O) groups excluding carboxylic acids is 1. The molecule has 0 saturated carbocycles. The molecule has 8 N–H and O–H groups in total. The second-order valence-corrected chi connectivity index (χ2v) is 7.11. The van der Waals surface area contributed by atoms with Gasteiger partial charge in [-0.25, -0.2) is 9.59 Å². The average Bonchev–Trinajstić information content (AvgIpc) is 3.13. The normalized spacial score (nSPS) is 15.6. The molecule has 1 unspecified atom stereocenters. The third kappa shape index (κ3) is 8.73. The van der Waals surface area contributed by atoms with Gasteiger partial charge in [0.2, 0.25) is 5.89 Å². The van der Waals surface area contributed by atoms with Crippen LogP contribution in [0, 0.1) is 0 Å². The van der Waals surface area contributed by atoms with Gasteiger partial charge in [-0.3, -0.25) is 0 Å². The number of aliphatic carboxylic acids is 1. The standard InChI is InChI=1S/C17H32N6O6/c1-9(2)19-7-5-4-6-12(15-22-14(23-29-15)11(18)8-24)20-17(28)21-13(10(3)25)16(26)27/h9-13,19,24-25H,4-8,18H2,1-3H3,(H,26,27)(H2,20,21,28)/t10?,11-,12-,13-/m0/s1. The Kier molecular flexibility index (Phi) is 10.5. The summed E-state index contributed by atoms with van der Waals surface area (Å²) in [6.45, 7) is 5.77. The molecule has 166 valence electrons. The average molecular weight is 416 g/mol. The quantitative estimate of drug-likeness (QED) is 0.204. The van der Waals surface area contributed by atoms with E-state index in [0.29, 0.717) is 18.9 Å². The third-order valence-electron chi connectivity index (χ3n) is 4.10. The summed E-state index contributed by atoms with van der Waals surface area (Å²) in [6.07, 6.45) is 0.722. The molecule has 0 saturated heterocycles. The number of aliphatic hydroxyl groups excluding tert-OH is 2. The molecule has 2 amide bonds. The Morgan fingerprint density at radius 1 is 1.21 bits per heavy atom. The molecule has 1 heterocycles. The number of nitrogens with one attached hydrogen (secondary N) is 3. The molecule has 29 heavy (non-hydrogen) atoms. The number of aliphatic hydroxyl groups is 2. The first-order valence-corrected chi connectivity index (χ1v) is 9.56. The second kappa shape index (κ2) is 12.3. The van der Waals surface area contributed by atoms with Crippen molar-refractivity contribution in [1.82, 2.24) is 26.1 Å². The van der Waals surface area contributed by atoms with Crippen LogP contribution >= 0.6 is 0 Å². The van der Waals surface area contributed by atoms with Crippen molar-refractivity contribution in [3.8, 4) is 0 Å². The highest BCUT2D eigenvalue weighted by Crippen LogP contribution is 2.19. The third-order valence-corrected chi connectivity index (χ3v) is 4.10. The first-order chi connectivity index (χ1) is 13.6. The highest BCUT2D eigenvalue weighted by atomic mass is 16.5. The lowest BCUT2D eigenvalue weighted by atomic mass is 10.1. The molecular weight excluding hydrogens is 384 g/mol. The summed E-state index contributed by atoms with van der Waals surface area (Å²) in [6, 6.07) is -3.41. The van der Waals surface area contributed by atoms with Crippen LogP contribution in [0.5, 0.6) is 0 Å². The van der Waals surface area contributed by atoms with Crippen LogP contribution < -0.4 is 21.7 Å². The summed E-state index contributed by atoms with van der Waals surface area (Å²) in [4.78, 5) is 27.5. The first-order valence-electron chi connectivity index (χ1n) is 9.56. The van der Waals surface area contributed by atoms with E-state index in [-0.39, 0.29) is 18.3 Å². The van der Waals surface area contributed by atoms with Crippen LogP contribution in [0.1, 0.15) is 63.8 Å². The van der Waals surface area contributed by atoms with Crippen molar-refractivity contribution in [2.75, 3.05) is 13.2 Å². The van der Waals surface area contributed by atoms with Gasteiger partial charge in [0.25, 0.3) is 0 Å².